The number of hydrogen-bond acceptors (Lipinski definition) is 7. The van der Waals surface area contributed by atoms with Crippen molar-refractivity contribution in [2.45, 2.75) is 116 Å². The largest absolute Gasteiger partial charge is 0.379 e. The third-order valence-corrected chi connectivity index (χ3v) is 8.99. The summed E-state index contributed by atoms with van der Waals surface area (Å²) in [6.45, 7) is 12.0. The Balaban J connectivity index is 1.64. The van der Waals surface area contributed by atoms with Gasteiger partial charge in [0.25, 0.3) is 0 Å². The Hall–Kier alpha value is -1.87. The lowest BCUT2D eigenvalue weighted by Crippen LogP contribution is -2.58. The van der Waals surface area contributed by atoms with Gasteiger partial charge >= 0.3 is 0 Å². The van der Waals surface area contributed by atoms with Crippen LogP contribution in [0.3, 0.4) is 0 Å². The zero-order valence-corrected chi connectivity index (χ0v) is 27.6. The fourth-order valence-electron chi connectivity index (χ4n) is 5.48. The van der Waals surface area contributed by atoms with E-state index in [4.69, 9.17) is 28.7 Å². The van der Waals surface area contributed by atoms with Crippen molar-refractivity contribution in [2.24, 2.45) is 0 Å². The fraction of sp³-hybridized carbons (Fsp3) is 0.639. The van der Waals surface area contributed by atoms with Crippen LogP contribution in [-0.4, -0.2) is 62.4 Å². The van der Waals surface area contributed by atoms with Crippen LogP contribution >= 0.6 is 11.3 Å². The van der Waals surface area contributed by atoms with Crippen molar-refractivity contribution in [1.29, 1.82) is 0 Å². The quantitative estimate of drug-likeness (QED) is 0.119. The minimum absolute atomic E-state index is 0.244. The molecule has 43 heavy (non-hydrogen) atoms. The molecule has 0 aliphatic carbocycles. The van der Waals surface area contributed by atoms with E-state index in [1.165, 1.54) is 10.3 Å². The first-order chi connectivity index (χ1) is 21.2. The molecular weight excluding hydrogens is 558 g/mol. The molecule has 0 spiro atoms. The lowest BCUT2D eigenvalue weighted by atomic mass is 9.89. The second-order valence-corrected chi connectivity index (χ2v) is 12.7. The van der Waals surface area contributed by atoms with E-state index in [9.17, 15) is 0 Å². The van der Waals surface area contributed by atoms with E-state index in [2.05, 4.69) is 70.2 Å². The molecule has 238 valence electrons. The average Bonchev–Trinajstić information content (AvgIpc) is 3.43. The minimum atomic E-state index is -0.287. The van der Waals surface area contributed by atoms with Crippen LogP contribution in [-0.2, 0) is 30.1 Å². The van der Waals surface area contributed by atoms with E-state index < -0.39 is 0 Å². The van der Waals surface area contributed by atoms with Gasteiger partial charge in [0, 0.05) is 32.8 Å². The molecule has 0 saturated carbocycles. The molecule has 7 heteroatoms. The molecular formula is C36H53NO5S. The molecule has 1 fully saturated rings. The monoisotopic (exact) mass is 611 g/mol. The molecule has 0 N–H and O–H groups in total. The van der Waals surface area contributed by atoms with E-state index >= 15 is 0 Å². The number of rotatable bonds is 20. The summed E-state index contributed by atoms with van der Waals surface area (Å²) in [6.07, 6.45) is 7.82. The molecule has 1 saturated heterocycles. The summed E-state index contributed by atoms with van der Waals surface area (Å²) < 4.78 is 34.3. The Morgan fingerprint density at radius 1 is 0.721 bits per heavy atom. The van der Waals surface area contributed by atoms with Crippen molar-refractivity contribution >= 4 is 21.6 Å². The molecule has 1 aliphatic heterocycles. The number of fused-ring (bicyclic) bond motifs is 1. The average molecular weight is 612 g/mol. The van der Waals surface area contributed by atoms with E-state index in [0.717, 1.165) is 80.5 Å². The highest BCUT2D eigenvalue weighted by Crippen LogP contribution is 2.38. The standard InChI is InChI=1S/C36H53NO5S/c1-5-9-20-38-26-30-34(39-21-10-6-2)36(41-23-12-8-4)35(40-22-11-7-3)33(42-30)28-17-15-16-27(24-28)25-32-37-29-18-13-14-19-31(29)43-32/h13-19,24,30,33-36H,5-12,20-23,25-26H2,1-4H3/t30-,33+,34-,35+,36+/m1/s1. The molecule has 0 amide bonds. The summed E-state index contributed by atoms with van der Waals surface area (Å²) in [5, 5.41) is 1.12. The maximum absolute atomic E-state index is 6.96. The number of nitrogens with zero attached hydrogens (tertiary/aromatic N) is 1. The Morgan fingerprint density at radius 3 is 2.07 bits per heavy atom. The molecule has 1 aromatic heterocycles. The zero-order valence-electron chi connectivity index (χ0n) is 26.8. The third-order valence-electron chi connectivity index (χ3n) is 7.96. The number of unbranched alkanes of at least 4 members (excludes halogenated alkanes) is 4. The van der Waals surface area contributed by atoms with Crippen molar-refractivity contribution < 1.29 is 23.7 Å². The van der Waals surface area contributed by atoms with Crippen LogP contribution in [0, 0.1) is 0 Å². The van der Waals surface area contributed by atoms with Crippen molar-refractivity contribution in [1.82, 2.24) is 4.98 Å². The number of hydrogen-bond donors (Lipinski definition) is 0. The molecule has 0 unspecified atom stereocenters. The summed E-state index contributed by atoms with van der Waals surface area (Å²) >= 11 is 1.76. The van der Waals surface area contributed by atoms with Gasteiger partial charge in [-0.05, 0) is 48.9 Å². The van der Waals surface area contributed by atoms with Gasteiger partial charge in [-0.3, -0.25) is 0 Å². The first kappa shape index (κ1) is 34.0. The van der Waals surface area contributed by atoms with Crippen LogP contribution in [0.5, 0.6) is 0 Å². The summed E-state index contributed by atoms with van der Waals surface area (Å²) in [7, 11) is 0. The Kier molecular flexibility index (Phi) is 14.9. The maximum Gasteiger partial charge on any atom is 0.117 e. The second kappa shape index (κ2) is 18.8. The van der Waals surface area contributed by atoms with E-state index in [0.29, 0.717) is 26.4 Å². The van der Waals surface area contributed by atoms with Crippen LogP contribution in [0.2, 0.25) is 0 Å². The first-order valence-corrected chi connectivity index (χ1v) is 17.5. The topological polar surface area (TPSA) is 59.0 Å². The van der Waals surface area contributed by atoms with Crippen molar-refractivity contribution in [3.8, 4) is 0 Å². The molecule has 2 heterocycles. The van der Waals surface area contributed by atoms with Crippen LogP contribution < -0.4 is 0 Å². The third kappa shape index (κ3) is 10.1. The number of aromatic nitrogens is 1. The molecule has 0 radical (unpaired) electrons. The van der Waals surface area contributed by atoms with E-state index in [1.54, 1.807) is 11.3 Å². The fourth-order valence-corrected chi connectivity index (χ4v) is 6.48. The van der Waals surface area contributed by atoms with Gasteiger partial charge in [-0.25, -0.2) is 4.98 Å². The minimum Gasteiger partial charge on any atom is -0.379 e. The second-order valence-electron chi connectivity index (χ2n) is 11.6. The van der Waals surface area contributed by atoms with Crippen LogP contribution in [0.4, 0.5) is 0 Å². The van der Waals surface area contributed by atoms with Gasteiger partial charge in [-0.2, -0.15) is 0 Å². The SMILES string of the molecule is CCCCOC[C@H]1O[C@@H](c2cccc(Cc3nc4ccccc4s3)c2)[C@H](OCCCC)[C@@H](OCCCC)[C@@H]1OCCCC. The van der Waals surface area contributed by atoms with E-state index in [1.807, 2.05) is 6.07 Å². The highest BCUT2D eigenvalue weighted by atomic mass is 32.1. The summed E-state index contributed by atoms with van der Waals surface area (Å²) in [6, 6.07) is 17.1. The van der Waals surface area contributed by atoms with Gasteiger partial charge in [0.2, 0.25) is 0 Å². The summed E-state index contributed by atoms with van der Waals surface area (Å²) in [5.41, 5.74) is 3.38. The lowest BCUT2D eigenvalue weighted by Gasteiger charge is -2.46. The normalized spacial score (nSPS) is 22.4. The van der Waals surface area contributed by atoms with Gasteiger partial charge in [0.15, 0.2) is 0 Å². The molecule has 3 aromatic rings. The molecule has 5 atom stereocenters. The zero-order chi connectivity index (χ0) is 30.3. The number of benzene rings is 2. The van der Waals surface area contributed by atoms with Gasteiger partial charge in [-0.15, -0.1) is 11.3 Å². The Morgan fingerprint density at radius 2 is 1.37 bits per heavy atom. The van der Waals surface area contributed by atoms with Gasteiger partial charge in [0.05, 0.1) is 21.8 Å². The van der Waals surface area contributed by atoms with Gasteiger partial charge in [0.1, 0.15) is 30.5 Å². The van der Waals surface area contributed by atoms with Gasteiger partial charge < -0.3 is 23.7 Å². The molecule has 2 aromatic carbocycles. The number of ether oxygens (including phenoxy) is 5. The van der Waals surface area contributed by atoms with Crippen LogP contribution in [0.15, 0.2) is 48.5 Å². The predicted octanol–water partition coefficient (Wildman–Crippen LogP) is 8.70. The van der Waals surface area contributed by atoms with Crippen LogP contribution in [0.1, 0.15) is 101 Å². The highest BCUT2D eigenvalue weighted by Gasteiger charge is 2.48. The summed E-state index contributed by atoms with van der Waals surface area (Å²) in [5.74, 6) is 0. The Bertz CT molecular complexity index is 1150. The molecule has 0 bridgehead atoms. The van der Waals surface area contributed by atoms with Crippen molar-refractivity contribution in [2.75, 3.05) is 33.0 Å². The smallest absolute Gasteiger partial charge is 0.117 e. The molecule has 4 rings (SSSR count). The van der Waals surface area contributed by atoms with Crippen molar-refractivity contribution in [3.63, 3.8) is 0 Å². The summed E-state index contributed by atoms with van der Waals surface area (Å²) in [4.78, 5) is 4.88. The lowest BCUT2D eigenvalue weighted by molar-refractivity contribution is -0.268. The predicted molar refractivity (Wildman–Crippen MR) is 176 cm³/mol. The molecule has 6 nitrogen and oxygen atoms in total. The van der Waals surface area contributed by atoms with E-state index in [-0.39, 0.29) is 30.5 Å². The van der Waals surface area contributed by atoms with Crippen molar-refractivity contribution in [3.05, 3.63) is 64.7 Å². The Labute approximate surface area is 263 Å². The van der Waals surface area contributed by atoms with Gasteiger partial charge in [-0.1, -0.05) is 89.8 Å². The number of thiazole rings is 1. The highest BCUT2D eigenvalue weighted by molar-refractivity contribution is 7.18. The number of para-hydroxylation sites is 1. The van der Waals surface area contributed by atoms with Crippen LogP contribution in [0.25, 0.3) is 10.2 Å². The molecule has 1 aliphatic rings. The first-order valence-electron chi connectivity index (χ1n) is 16.7. The maximum atomic E-state index is 6.96.